The maximum Gasteiger partial charge on any atom is 0.332 e. The number of carbonyl (C=O) groups is 3. The number of hydrogen-bond acceptors (Lipinski definition) is 3. The van der Waals surface area contributed by atoms with E-state index < -0.39 is 18.0 Å². The van der Waals surface area contributed by atoms with E-state index in [9.17, 15) is 14.4 Å². The van der Waals surface area contributed by atoms with Crippen molar-refractivity contribution in [1.29, 1.82) is 0 Å². The second kappa shape index (κ2) is 7.65. The van der Waals surface area contributed by atoms with E-state index in [0.717, 1.165) is 4.90 Å². The van der Waals surface area contributed by atoms with Crippen LogP contribution in [-0.4, -0.2) is 35.3 Å². The van der Waals surface area contributed by atoms with Crippen molar-refractivity contribution >= 4 is 29.2 Å². The third kappa shape index (κ3) is 3.49. The van der Waals surface area contributed by atoms with Crippen molar-refractivity contribution in [2.24, 2.45) is 0 Å². The molecule has 1 fully saturated rings. The number of para-hydroxylation sites is 2. The van der Waals surface area contributed by atoms with Crippen molar-refractivity contribution in [3.63, 3.8) is 0 Å². The molecule has 6 heteroatoms. The summed E-state index contributed by atoms with van der Waals surface area (Å²) >= 11 is 0. The van der Waals surface area contributed by atoms with Gasteiger partial charge in [0.2, 0.25) is 5.91 Å². The second-order valence-electron chi connectivity index (χ2n) is 5.87. The summed E-state index contributed by atoms with van der Waals surface area (Å²) in [5, 5.41) is 2.75. The topological polar surface area (TPSA) is 69.7 Å². The first-order valence-electron chi connectivity index (χ1n) is 8.27. The Labute approximate surface area is 151 Å². The molecule has 2 aromatic carbocycles. The smallest absolute Gasteiger partial charge is 0.326 e. The molecule has 0 aromatic heterocycles. The number of anilines is 2. The van der Waals surface area contributed by atoms with Gasteiger partial charge in [-0.1, -0.05) is 42.5 Å². The third-order valence-electron chi connectivity index (χ3n) is 4.10. The zero-order chi connectivity index (χ0) is 18.5. The van der Waals surface area contributed by atoms with E-state index >= 15 is 0 Å². The lowest BCUT2D eigenvalue weighted by atomic mass is 10.1. The van der Waals surface area contributed by atoms with Crippen LogP contribution in [0.3, 0.4) is 0 Å². The first kappa shape index (κ1) is 17.4. The highest BCUT2D eigenvalue weighted by Gasteiger charge is 2.46. The summed E-state index contributed by atoms with van der Waals surface area (Å²) in [7, 11) is 0. The van der Waals surface area contributed by atoms with E-state index in [4.69, 9.17) is 0 Å². The SMILES string of the molecule is C=CCN1C(=O)N(c2ccccc2)C(=O)C1CC(=O)Nc1ccccc1. The Bertz CT molecular complexity index is 821. The van der Waals surface area contributed by atoms with Gasteiger partial charge in [0.15, 0.2) is 0 Å². The zero-order valence-corrected chi connectivity index (χ0v) is 14.2. The average Bonchev–Trinajstić information content (AvgIpc) is 2.87. The van der Waals surface area contributed by atoms with Crippen LogP contribution in [0.4, 0.5) is 16.2 Å². The van der Waals surface area contributed by atoms with Crippen LogP contribution in [0.2, 0.25) is 0 Å². The van der Waals surface area contributed by atoms with Gasteiger partial charge in [0, 0.05) is 12.2 Å². The third-order valence-corrected chi connectivity index (χ3v) is 4.10. The fourth-order valence-electron chi connectivity index (χ4n) is 2.90. The fourth-order valence-corrected chi connectivity index (χ4v) is 2.90. The van der Waals surface area contributed by atoms with Crippen LogP contribution in [-0.2, 0) is 9.59 Å². The summed E-state index contributed by atoms with van der Waals surface area (Å²) in [5.41, 5.74) is 1.13. The number of imide groups is 1. The van der Waals surface area contributed by atoms with Crippen LogP contribution >= 0.6 is 0 Å². The van der Waals surface area contributed by atoms with Gasteiger partial charge < -0.3 is 10.2 Å². The average molecular weight is 349 g/mol. The van der Waals surface area contributed by atoms with Crippen LogP contribution in [0, 0.1) is 0 Å². The van der Waals surface area contributed by atoms with Gasteiger partial charge in [0.25, 0.3) is 5.91 Å². The monoisotopic (exact) mass is 349 g/mol. The maximum atomic E-state index is 12.8. The van der Waals surface area contributed by atoms with Crippen LogP contribution in [0.5, 0.6) is 0 Å². The molecule has 6 nitrogen and oxygen atoms in total. The molecule has 1 atom stereocenters. The molecule has 3 rings (SSSR count). The minimum atomic E-state index is -0.857. The van der Waals surface area contributed by atoms with E-state index in [1.54, 1.807) is 60.7 Å². The quantitative estimate of drug-likeness (QED) is 0.644. The van der Waals surface area contributed by atoms with Gasteiger partial charge >= 0.3 is 6.03 Å². The highest BCUT2D eigenvalue weighted by molar-refractivity contribution is 6.22. The minimum absolute atomic E-state index is 0.114. The molecule has 0 bridgehead atoms. The summed E-state index contributed by atoms with van der Waals surface area (Å²) < 4.78 is 0. The fraction of sp³-hybridized carbons (Fsp3) is 0.150. The molecule has 26 heavy (non-hydrogen) atoms. The predicted octanol–water partition coefficient (Wildman–Crippen LogP) is 3.04. The number of hydrogen-bond donors (Lipinski definition) is 1. The molecule has 1 saturated heterocycles. The maximum absolute atomic E-state index is 12.8. The Balaban J connectivity index is 1.80. The predicted molar refractivity (Wildman–Crippen MR) is 99.7 cm³/mol. The summed E-state index contributed by atoms with van der Waals surface area (Å²) in [6.45, 7) is 3.83. The van der Waals surface area contributed by atoms with Crippen molar-refractivity contribution in [2.45, 2.75) is 12.5 Å². The largest absolute Gasteiger partial charge is 0.332 e. The molecule has 0 saturated carbocycles. The molecular formula is C20H19N3O3. The number of nitrogens with zero attached hydrogens (tertiary/aromatic N) is 2. The Morgan fingerprint density at radius 3 is 2.27 bits per heavy atom. The minimum Gasteiger partial charge on any atom is -0.326 e. The number of urea groups is 1. The molecule has 2 aromatic rings. The highest BCUT2D eigenvalue weighted by Crippen LogP contribution is 2.26. The molecule has 1 heterocycles. The lowest BCUT2D eigenvalue weighted by Gasteiger charge is -2.19. The van der Waals surface area contributed by atoms with Gasteiger partial charge in [-0.15, -0.1) is 6.58 Å². The van der Waals surface area contributed by atoms with Gasteiger partial charge in [-0.05, 0) is 24.3 Å². The van der Waals surface area contributed by atoms with Crippen molar-refractivity contribution in [3.05, 3.63) is 73.3 Å². The van der Waals surface area contributed by atoms with Gasteiger partial charge in [-0.2, -0.15) is 0 Å². The van der Waals surface area contributed by atoms with Crippen LogP contribution in [0.25, 0.3) is 0 Å². The summed E-state index contributed by atoms with van der Waals surface area (Å²) in [4.78, 5) is 40.4. The van der Waals surface area contributed by atoms with Gasteiger partial charge in [0.05, 0.1) is 12.1 Å². The summed E-state index contributed by atoms with van der Waals surface area (Å²) in [5.74, 6) is -0.738. The molecule has 0 spiro atoms. The van der Waals surface area contributed by atoms with Gasteiger partial charge in [-0.25, -0.2) is 9.69 Å². The lowest BCUT2D eigenvalue weighted by molar-refractivity contribution is -0.124. The van der Waals surface area contributed by atoms with Crippen molar-refractivity contribution in [1.82, 2.24) is 4.90 Å². The molecule has 1 N–H and O–H groups in total. The number of benzene rings is 2. The second-order valence-corrected chi connectivity index (χ2v) is 5.87. The van der Waals surface area contributed by atoms with Crippen molar-refractivity contribution in [2.75, 3.05) is 16.8 Å². The van der Waals surface area contributed by atoms with Crippen LogP contribution < -0.4 is 10.2 Å². The van der Waals surface area contributed by atoms with Crippen LogP contribution in [0.1, 0.15) is 6.42 Å². The van der Waals surface area contributed by atoms with Crippen LogP contribution in [0.15, 0.2) is 73.3 Å². The first-order valence-corrected chi connectivity index (χ1v) is 8.27. The number of rotatable bonds is 6. The molecule has 1 unspecified atom stereocenters. The standard InChI is InChI=1S/C20H19N3O3/c1-2-13-22-17(14-18(24)21-15-9-5-3-6-10-15)19(25)23(20(22)26)16-11-7-4-8-12-16/h2-12,17H,1,13-14H2,(H,21,24). The van der Waals surface area contributed by atoms with E-state index in [1.165, 1.54) is 4.90 Å². The first-order chi connectivity index (χ1) is 12.6. The zero-order valence-electron chi connectivity index (χ0n) is 14.2. The number of nitrogens with one attached hydrogen (secondary N) is 1. The van der Waals surface area contributed by atoms with Gasteiger partial charge in [-0.3, -0.25) is 9.59 Å². The molecular weight excluding hydrogens is 330 g/mol. The van der Waals surface area contributed by atoms with E-state index in [1.807, 2.05) is 6.07 Å². The molecule has 1 aliphatic rings. The van der Waals surface area contributed by atoms with Gasteiger partial charge in [0.1, 0.15) is 6.04 Å². The summed E-state index contributed by atoms with van der Waals surface area (Å²) in [6, 6.07) is 16.4. The van der Waals surface area contributed by atoms with E-state index in [0.29, 0.717) is 11.4 Å². The summed E-state index contributed by atoms with van der Waals surface area (Å²) in [6.07, 6.45) is 1.43. The van der Waals surface area contributed by atoms with Crippen molar-refractivity contribution in [3.8, 4) is 0 Å². The van der Waals surface area contributed by atoms with E-state index in [-0.39, 0.29) is 18.9 Å². The molecule has 4 amide bonds. The molecule has 132 valence electrons. The molecule has 0 radical (unpaired) electrons. The number of carbonyl (C=O) groups excluding carboxylic acids is 3. The molecule has 1 aliphatic heterocycles. The number of amides is 4. The lowest BCUT2D eigenvalue weighted by Crippen LogP contribution is -2.38. The van der Waals surface area contributed by atoms with E-state index in [2.05, 4.69) is 11.9 Å². The molecule has 0 aliphatic carbocycles. The Hall–Kier alpha value is -3.41. The Morgan fingerprint density at radius 1 is 1.04 bits per heavy atom. The highest BCUT2D eigenvalue weighted by atomic mass is 16.2. The Morgan fingerprint density at radius 2 is 1.65 bits per heavy atom. The van der Waals surface area contributed by atoms with Crippen molar-refractivity contribution < 1.29 is 14.4 Å². The normalized spacial score (nSPS) is 16.7. The Kier molecular flexibility index (Phi) is 5.12.